The molecule has 0 atom stereocenters. The van der Waals surface area contributed by atoms with Crippen LogP contribution >= 0.6 is 0 Å². The monoisotopic (exact) mass is 1270 g/mol. The van der Waals surface area contributed by atoms with Crippen LogP contribution in [0.1, 0.15) is 0 Å². The van der Waals surface area contributed by atoms with Gasteiger partial charge in [0.25, 0.3) is 20.1 Å². The highest BCUT2D eigenvalue weighted by molar-refractivity contribution is 7.03. The van der Waals surface area contributed by atoms with Crippen molar-refractivity contribution in [3.8, 4) is 57.6 Å². The molecule has 0 bridgehead atoms. The summed E-state index contributed by atoms with van der Waals surface area (Å²) in [5.41, 5.74) is 15.3. The molecule has 7 heterocycles. The fourth-order valence-electron chi connectivity index (χ4n) is 15.5. The molecule has 6 aliphatic rings. The zero-order chi connectivity index (χ0) is 64.7. The van der Waals surface area contributed by atoms with Gasteiger partial charge in [-0.25, -0.2) is 8.78 Å². The molecule has 460 valence electrons. The van der Waals surface area contributed by atoms with Crippen LogP contribution in [-0.4, -0.2) is 25.1 Å². The zero-order valence-electron chi connectivity index (χ0n) is 52.1. The summed E-state index contributed by atoms with van der Waals surface area (Å²) in [7, 11) is 0. The van der Waals surface area contributed by atoms with E-state index >= 15 is 8.78 Å². The van der Waals surface area contributed by atoms with E-state index in [1.165, 1.54) is 18.2 Å². The Morgan fingerprint density at radius 1 is 0.265 bits per heavy atom. The van der Waals surface area contributed by atoms with Gasteiger partial charge in [-0.15, -0.1) is 0 Å². The number of ether oxygens (including phenoxy) is 5. The zero-order valence-corrected chi connectivity index (χ0v) is 52.1. The molecule has 0 aliphatic carbocycles. The Kier molecular flexibility index (Phi) is 12.5. The highest BCUT2D eigenvalue weighted by Crippen LogP contribution is 2.50. The maximum Gasteiger partial charge on any atom is 0.262 e. The molecule has 98 heavy (non-hydrogen) atoms. The van der Waals surface area contributed by atoms with Gasteiger partial charge in [0.15, 0.2) is 0 Å². The van der Waals surface area contributed by atoms with E-state index in [4.69, 9.17) is 28.7 Å². The first-order chi connectivity index (χ1) is 48.4. The lowest BCUT2D eigenvalue weighted by Crippen LogP contribution is -2.64. The molecule has 0 saturated carbocycles. The molecule has 1 aromatic heterocycles. The fraction of sp³-hybridized carbons (Fsp3) is 0. The number of benzene rings is 13. The number of rotatable bonds is 10. The number of fused-ring (bicyclic) bond motifs is 12. The second-order valence-corrected chi connectivity index (χ2v) is 25.1. The molecule has 13 aromatic carbocycles. The Morgan fingerprint density at radius 3 is 1.03 bits per heavy atom. The second-order valence-electron chi connectivity index (χ2n) is 25.1. The molecule has 14 aromatic rings. The Hall–Kier alpha value is -12.7. The molecule has 0 saturated heterocycles. The maximum absolute atomic E-state index is 17.6. The number of aromatic nitrogens is 1. The maximum atomic E-state index is 17.6. The topological polar surface area (TPSA) is 72.0 Å². The number of pyridine rings is 1. The van der Waals surface area contributed by atoms with Gasteiger partial charge < -0.3 is 38.4 Å². The number of halogens is 2. The molecule has 15 heteroatoms. The van der Waals surface area contributed by atoms with Crippen LogP contribution in [0.4, 0.5) is 77.2 Å². The summed E-state index contributed by atoms with van der Waals surface area (Å²) in [6, 6.07) is 100. The first kappa shape index (κ1) is 55.7. The van der Waals surface area contributed by atoms with Crippen LogP contribution in [0.5, 0.6) is 57.6 Å². The highest BCUT2D eigenvalue weighted by Gasteiger charge is 2.50. The van der Waals surface area contributed by atoms with Crippen molar-refractivity contribution in [1.82, 2.24) is 4.98 Å². The number of anilines is 12. The van der Waals surface area contributed by atoms with Crippen LogP contribution in [0.3, 0.4) is 0 Å². The number of para-hydroxylation sites is 9. The first-order valence-corrected chi connectivity index (χ1v) is 32.7. The van der Waals surface area contributed by atoms with Crippen molar-refractivity contribution in [2.45, 2.75) is 0 Å². The molecular formula is C83H50B3F2N5O5. The lowest BCUT2D eigenvalue weighted by atomic mass is 9.30. The highest BCUT2D eigenvalue weighted by atomic mass is 19.1. The Labute approximate surface area is 564 Å². The van der Waals surface area contributed by atoms with E-state index in [2.05, 4.69) is 106 Å². The fourth-order valence-corrected chi connectivity index (χ4v) is 15.5. The molecule has 20 rings (SSSR count). The van der Waals surface area contributed by atoms with Crippen LogP contribution in [0, 0.1) is 11.6 Å². The van der Waals surface area contributed by atoms with E-state index < -0.39 is 25.1 Å². The van der Waals surface area contributed by atoms with Crippen LogP contribution < -0.4 is 92.4 Å². The van der Waals surface area contributed by atoms with Gasteiger partial charge in [0.05, 0.1) is 17.1 Å². The Morgan fingerprint density at radius 2 is 0.602 bits per heavy atom. The van der Waals surface area contributed by atoms with Crippen molar-refractivity contribution in [1.29, 1.82) is 0 Å². The van der Waals surface area contributed by atoms with Gasteiger partial charge in [0.1, 0.15) is 74.9 Å². The van der Waals surface area contributed by atoms with E-state index in [-0.39, 0.29) is 24.1 Å². The second kappa shape index (κ2) is 21.9. The third-order valence-electron chi connectivity index (χ3n) is 19.6. The minimum atomic E-state index is -0.785. The van der Waals surface area contributed by atoms with Gasteiger partial charge in [-0.1, -0.05) is 164 Å². The van der Waals surface area contributed by atoms with Crippen LogP contribution in [0.2, 0.25) is 0 Å². The van der Waals surface area contributed by atoms with E-state index in [1.54, 1.807) is 4.90 Å². The van der Waals surface area contributed by atoms with Gasteiger partial charge in [-0.3, -0.25) is 4.90 Å². The quantitative estimate of drug-likeness (QED) is 0.124. The van der Waals surface area contributed by atoms with Crippen LogP contribution in [-0.2, 0) is 0 Å². The third kappa shape index (κ3) is 8.65. The van der Waals surface area contributed by atoms with Crippen molar-refractivity contribution in [3.63, 3.8) is 0 Å². The average molecular weight is 1270 g/mol. The van der Waals surface area contributed by atoms with Gasteiger partial charge >= 0.3 is 0 Å². The van der Waals surface area contributed by atoms with Gasteiger partial charge in [0.2, 0.25) is 5.88 Å². The van der Waals surface area contributed by atoms with Crippen molar-refractivity contribution in [2.75, 3.05) is 19.6 Å². The number of hydrogen-bond acceptors (Lipinski definition) is 10. The minimum Gasteiger partial charge on any atom is -0.458 e. The first-order valence-electron chi connectivity index (χ1n) is 32.7. The van der Waals surface area contributed by atoms with Crippen LogP contribution in [0.25, 0.3) is 0 Å². The Balaban J connectivity index is 0.837. The SMILES string of the molecule is Fc1cccc(F)c1N1c2cc(N(c3ccccc3)c3ccccc3)cc3c2B(c2cc4c(cc2O3)Oc2cc(N(c3ccccc3)c3ccccc3)cc3c2B4c2ccccc2O3)c2cc3c(nc21)Oc1cc(N(c2ccccc2)c2ccccc2)cc2c1B3c1ccccc1O2. The number of hydrogen-bond donors (Lipinski definition) is 0. The van der Waals surface area contributed by atoms with Crippen molar-refractivity contribution >= 4 is 138 Å². The smallest absolute Gasteiger partial charge is 0.262 e. The summed E-state index contributed by atoms with van der Waals surface area (Å²) >= 11 is 0. The standard InChI is InChI=1S/C83H50B3F2N5O5/c87-66-38-23-39-67(88)81(66)93-68-42-57(90(51-24-7-1-8-25-51)52-26-9-2-10-27-52)43-73-78(68)86(64-49-65-83(89-82(64)93)98-77-47-59(45-75-80(77)85(65)61-37-20-22-41-70(61)95-75)92(55-32-15-5-16-33-55)56-34-17-6-18-35-56)63-48-62-71(50-72(63)96-73)97-76-46-58(44-74-79(76)84(62)60-36-19-21-40-69(60)94-74)91(53-28-11-3-12-29-53)54-30-13-4-14-31-54/h1-50H. The summed E-state index contributed by atoms with van der Waals surface area (Å²) in [6.07, 6.45) is 0. The average Bonchev–Trinajstić information content (AvgIpc) is 0.693. The normalized spacial score (nSPS) is 13.1. The molecule has 0 radical (unpaired) electrons. The third-order valence-corrected chi connectivity index (χ3v) is 19.6. The van der Waals surface area contributed by atoms with Gasteiger partial charge in [-0.05, 0) is 141 Å². The summed E-state index contributed by atoms with van der Waals surface area (Å²) in [4.78, 5) is 13.8. The van der Waals surface area contributed by atoms with E-state index in [0.29, 0.717) is 68.3 Å². The molecule has 0 spiro atoms. The Bertz CT molecular complexity index is 5460. The molecule has 0 amide bonds. The van der Waals surface area contributed by atoms with E-state index in [1.807, 2.05) is 194 Å². The molecule has 0 unspecified atom stereocenters. The van der Waals surface area contributed by atoms with Crippen molar-refractivity contribution in [2.24, 2.45) is 0 Å². The molecule has 6 aliphatic heterocycles. The predicted octanol–water partition coefficient (Wildman–Crippen LogP) is 15.6. The van der Waals surface area contributed by atoms with Crippen LogP contribution in [0.15, 0.2) is 303 Å². The van der Waals surface area contributed by atoms with Crippen molar-refractivity contribution < 1.29 is 32.5 Å². The summed E-state index contributed by atoms with van der Waals surface area (Å²) in [5.74, 6) is 4.45. The summed E-state index contributed by atoms with van der Waals surface area (Å²) in [5, 5.41) is 0. The van der Waals surface area contributed by atoms with Crippen molar-refractivity contribution in [3.05, 3.63) is 315 Å². The molecule has 0 N–H and O–H groups in total. The predicted molar refractivity (Wildman–Crippen MR) is 389 cm³/mol. The summed E-state index contributed by atoms with van der Waals surface area (Å²) in [6.45, 7) is -1.51. The van der Waals surface area contributed by atoms with E-state index in [0.717, 1.165) is 89.5 Å². The minimum absolute atomic E-state index is 0.273. The van der Waals surface area contributed by atoms with Gasteiger partial charge in [0, 0.05) is 87.1 Å². The van der Waals surface area contributed by atoms with E-state index in [9.17, 15) is 0 Å². The molecule has 0 fully saturated rings. The molecule has 10 nitrogen and oxygen atoms in total. The largest absolute Gasteiger partial charge is 0.458 e. The lowest BCUT2D eigenvalue weighted by Gasteiger charge is -2.42. The summed E-state index contributed by atoms with van der Waals surface area (Å²) < 4.78 is 71.3. The molecular weight excluding hydrogens is 1220 g/mol. The number of nitrogens with zero attached hydrogens (tertiary/aromatic N) is 5. The lowest BCUT2D eigenvalue weighted by molar-refractivity contribution is 0.454. The van der Waals surface area contributed by atoms with Gasteiger partial charge in [-0.2, -0.15) is 4.98 Å².